The fourth-order valence-corrected chi connectivity index (χ4v) is 4.42. The van der Waals surface area contributed by atoms with E-state index in [2.05, 4.69) is 31.0 Å². The molecule has 0 amide bonds. The first-order valence-electron chi connectivity index (χ1n) is 6.73. The lowest BCUT2D eigenvalue weighted by atomic mass is 9.78. The third-order valence-electron chi connectivity index (χ3n) is 3.39. The Hall–Kier alpha value is -1.13. The molecule has 20 heavy (non-hydrogen) atoms. The molecule has 0 saturated carbocycles. The lowest BCUT2D eigenvalue weighted by molar-refractivity contribution is 0.0916. The minimum absolute atomic E-state index is 0.0575. The molecule has 0 atom stereocenters. The summed E-state index contributed by atoms with van der Waals surface area (Å²) in [5.74, 6) is 1.11. The van der Waals surface area contributed by atoms with Gasteiger partial charge in [0.15, 0.2) is 5.78 Å². The number of benzene rings is 1. The number of fused-ring (bicyclic) bond motifs is 1. The van der Waals surface area contributed by atoms with Gasteiger partial charge in [0.1, 0.15) is 5.01 Å². The van der Waals surface area contributed by atoms with Crippen LogP contribution in [0.5, 0.6) is 0 Å². The van der Waals surface area contributed by atoms with Gasteiger partial charge in [-0.25, -0.2) is 4.98 Å². The molecular formula is C16H17NOS2. The van der Waals surface area contributed by atoms with Gasteiger partial charge in [-0.2, -0.15) is 0 Å². The molecule has 0 aliphatic heterocycles. The molecule has 0 saturated heterocycles. The van der Waals surface area contributed by atoms with Crippen molar-refractivity contribution in [3.05, 3.63) is 45.9 Å². The average molecular weight is 303 g/mol. The lowest BCUT2D eigenvalue weighted by Crippen LogP contribution is -2.25. The summed E-state index contributed by atoms with van der Waals surface area (Å²) >= 11 is 3.36. The van der Waals surface area contributed by atoms with E-state index in [1.165, 1.54) is 4.90 Å². The van der Waals surface area contributed by atoms with Gasteiger partial charge in [0.05, 0.1) is 16.3 Å². The molecule has 1 aromatic heterocycles. The number of thiazole rings is 1. The Morgan fingerprint density at radius 1 is 1.25 bits per heavy atom. The van der Waals surface area contributed by atoms with E-state index in [0.717, 1.165) is 27.8 Å². The van der Waals surface area contributed by atoms with Gasteiger partial charge in [0, 0.05) is 11.3 Å². The molecule has 0 bridgehead atoms. The number of hydrogen-bond acceptors (Lipinski definition) is 4. The van der Waals surface area contributed by atoms with E-state index in [0.29, 0.717) is 6.42 Å². The van der Waals surface area contributed by atoms with E-state index in [1.54, 1.807) is 23.1 Å². The molecule has 2 aromatic rings. The number of ketones is 1. The molecule has 4 heteroatoms. The third-order valence-corrected chi connectivity index (χ3v) is 5.73. The monoisotopic (exact) mass is 303 g/mol. The van der Waals surface area contributed by atoms with Crippen molar-refractivity contribution in [2.75, 3.05) is 0 Å². The molecule has 0 fully saturated rings. The van der Waals surface area contributed by atoms with E-state index in [-0.39, 0.29) is 11.2 Å². The normalized spacial score (nSPS) is 17.0. The molecule has 0 unspecified atom stereocenters. The van der Waals surface area contributed by atoms with Crippen LogP contribution in [-0.4, -0.2) is 10.8 Å². The number of aromatic nitrogens is 1. The molecular weight excluding hydrogens is 286 g/mol. The quantitative estimate of drug-likeness (QED) is 0.777. The van der Waals surface area contributed by atoms with Crippen molar-refractivity contribution in [3.8, 4) is 0 Å². The maximum Gasteiger partial charge on any atom is 0.175 e. The summed E-state index contributed by atoms with van der Waals surface area (Å²) in [6.07, 6.45) is 1.56. The molecule has 104 valence electrons. The SMILES string of the molecule is CC1(C)CC(=O)c2sc(CSc3ccccc3)nc2C1. The smallest absolute Gasteiger partial charge is 0.175 e. The molecule has 0 N–H and O–H groups in total. The summed E-state index contributed by atoms with van der Waals surface area (Å²) < 4.78 is 0. The largest absolute Gasteiger partial charge is 0.293 e. The molecule has 3 rings (SSSR count). The fraction of sp³-hybridized carbons (Fsp3) is 0.375. The Kier molecular flexibility index (Phi) is 3.69. The predicted octanol–water partition coefficient (Wildman–Crippen LogP) is 4.59. The molecule has 0 spiro atoms. The molecule has 1 aliphatic carbocycles. The third kappa shape index (κ3) is 2.96. The van der Waals surface area contributed by atoms with E-state index >= 15 is 0 Å². The van der Waals surface area contributed by atoms with Gasteiger partial charge in [-0.3, -0.25) is 4.79 Å². The van der Waals surface area contributed by atoms with Crippen molar-refractivity contribution in [2.24, 2.45) is 5.41 Å². The predicted molar refractivity (Wildman–Crippen MR) is 84.5 cm³/mol. The first-order valence-corrected chi connectivity index (χ1v) is 8.53. The van der Waals surface area contributed by atoms with E-state index in [9.17, 15) is 4.79 Å². The van der Waals surface area contributed by atoms with Crippen LogP contribution in [0.25, 0.3) is 0 Å². The highest BCUT2D eigenvalue weighted by Crippen LogP contribution is 2.38. The Morgan fingerprint density at radius 2 is 2.00 bits per heavy atom. The second-order valence-electron chi connectivity index (χ2n) is 5.93. The van der Waals surface area contributed by atoms with Crippen LogP contribution in [0.4, 0.5) is 0 Å². The zero-order chi connectivity index (χ0) is 14.2. The molecule has 1 aliphatic rings. The second kappa shape index (κ2) is 5.34. The van der Waals surface area contributed by atoms with Crippen molar-refractivity contribution < 1.29 is 4.79 Å². The number of carbonyl (C=O) groups is 1. The maximum atomic E-state index is 12.2. The van der Waals surface area contributed by atoms with Crippen molar-refractivity contribution in [2.45, 2.75) is 37.3 Å². The van der Waals surface area contributed by atoms with Crippen LogP contribution in [0.3, 0.4) is 0 Å². The zero-order valence-electron chi connectivity index (χ0n) is 11.7. The first kappa shape index (κ1) is 13.8. The van der Waals surface area contributed by atoms with Crippen molar-refractivity contribution in [1.29, 1.82) is 0 Å². The Morgan fingerprint density at radius 3 is 2.75 bits per heavy atom. The van der Waals surface area contributed by atoms with Gasteiger partial charge in [0.2, 0.25) is 0 Å². The number of hydrogen-bond donors (Lipinski definition) is 0. The second-order valence-corrected chi connectivity index (χ2v) is 8.06. The Balaban J connectivity index is 1.75. The summed E-state index contributed by atoms with van der Waals surface area (Å²) in [5, 5.41) is 1.06. The number of thioether (sulfide) groups is 1. The number of rotatable bonds is 3. The van der Waals surface area contributed by atoms with Crippen LogP contribution in [0.15, 0.2) is 35.2 Å². The summed E-state index contributed by atoms with van der Waals surface area (Å²) in [4.78, 5) is 19.0. The number of nitrogens with zero attached hydrogens (tertiary/aromatic N) is 1. The van der Waals surface area contributed by atoms with Crippen LogP contribution in [0.1, 0.15) is 40.6 Å². The Labute approximate surface area is 127 Å². The number of carbonyl (C=O) groups excluding carboxylic acids is 1. The zero-order valence-corrected chi connectivity index (χ0v) is 13.3. The van der Waals surface area contributed by atoms with Gasteiger partial charge >= 0.3 is 0 Å². The molecule has 1 aromatic carbocycles. The summed E-state index contributed by atoms with van der Waals surface area (Å²) in [6, 6.07) is 10.3. The topological polar surface area (TPSA) is 30.0 Å². The number of Topliss-reactive ketones (excluding diaryl/α,β-unsaturated/α-hetero) is 1. The standard InChI is InChI=1S/C16H17NOS2/c1-16(2)8-12-15(13(18)9-16)20-14(17-12)10-19-11-6-4-3-5-7-11/h3-7H,8-10H2,1-2H3. The van der Waals surface area contributed by atoms with Gasteiger partial charge in [0.25, 0.3) is 0 Å². The van der Waals surface area contributed by atoms with E-state index in [1.807, 2.05) is 18.2 Å². The molecule has 0 radical (unpaired) electrons. The van der Waals surface area contributed by atoms with Gasteiger partial charge in [-0.05, 0) is 24.0 Å². The van der Waals surface area contributed by atoms with Gasteiger partial charge in [-0.1, -0.05) is 32.0 Å². The van der Waals surface area contributed by atoms with Crippen LogP contribution < -0.4 is 0 Å². The van der Waals surface area contributed by atoms with Gasteiger partial charge in [-0.15, -0.1) is 23.1 Å². The van der Waals surface area contributed by atoms with Gasteiger partial charge < -0.3 is 0 Å². The van der Waals surface area contributed by atoms with E-state index < -0.39 is 0 Å². The van der Waals surface area contributed by atoms with Crippen LogP contribution in [0, 0.1) is 5.41 Å². The Bertz CT molecular complexity index is 631. The summed E-state index contributed by atoms with van der Waals surface area (Å²) in [6.45, 7) is 4.29. The summed E-state index contributed by atoms with van der Waals surface area (Å²) in [5.41, 5.74) is 1.07. The first-order chi connectivity index (χ1) is 9.53. The molecule has 2 nitrogen and oxygen atoms in total. The lowest BCUT2D eigenvalue weighted by Gasteiger charge is -2.26. The van der Waals surface area contributed by atoms with Crippen LogP contribution >= 0.6 is 23.1 Å². The van der Waals surface area contributed by atoms with Crippen LogP contribution in [-0.2, 0) is 12.2 Å². The summed E-state index contributed by atoms with van der Waals surface area (Å²) in [7, 11) is 0. The highest BCUT2D eigenvalue weighted by atomic mass is 32.2. The maximum absolute atomic E-state index is 12.2. The minimum Gasteiger partial charge on any atom is -0.293 e. The minimum atomic E-state index is 0.0575. The van der Waals surface area contributed by atoms with Crippen LogP contribution in [0.2, 0.25) is 0 Å². The fourth-order valence-electron chi connectivity index (χ4n) is 2.49. The average Bonchev–Trinajstić information content (AvgIpc) is 2.79. The highest BCUT2D eigenvalue weighted by Gasteiger charge is 2.33. The van der Waals surface area contributed by atoms with E-state index in [4.69, 9.17) is 0 Å². The van der Waals surface area contributed by atoms with Crippen molar-refractivity contribution >= 4 is 28.9 Å². The van der Waals surface area contributed by atoms with Crippen molar-refractivity contribution in [1.82, 2.24) is 4.98 Å². The molecule has 1 heterocycles. The highest BCUT2D eigenvalue weighted by molar-refractivity contribution is 7.98. The van der Waals surface area contributed by atoms with Crippen molar-refractivity contribution in [3.63, 3.8) is 0 Å².